The molecule has 0 amide bonds. The van der Waals surface area contributed by atoms with Gasteiger partial charge in [0.25, 0.3) is 0 Å². The first-order chi connectivity index (χ1) is 9.60. The fourth-order valence-corrected chi connectivity index (χ4v) is 3.34. The highest BCUT2D eigenvalue weighted by Gasteiger charge is 2.20. The van der Waals surface area contributed by atoms with Crippen LogP contribution in [-0.2, 0) is 6.42 Å². The van der Waals surface area contributed by atoms with Gasteiger partial charge in [0.2, 0.25) is 0 Å². The SMILES string of the molecule is CCC[C@H]1CC[C@H](CCc2cc(F)c(F)c(F)c2)CC1. The average molecular weight is 284 g/mol. The predicted molar refractivity (Wildman–Crippen MR) is 75.0 cm³/mol. The van der Waals surface area contributed by atoms with Crippen molar-refractivity contribution >= 4 is 0 Å². The Morgan fingerprint density at radius 1 is 0.900 bits per heavy atom. The molecule has 1 aromatic rings. The maximum atomic E-state index is 13.1. The number of rotatable bonds is 5. The fourth-order valence-electron chi connectivity index (χ4n) is 3.34. The van der Waals surface area contributed by atoms with E-state index in [9.17, 15) is 13.2 Å². The molecular formula is C17H23F3. The molecule has 1 saturated carbocycles. The summed E-state index contributed by atoms with van der Waals surface area (Å²) in [5.74, 6) is -2.00. The topological polar surface area (TPSA) is 0 Å². The Bertz CT molecular complexity index is 411. The van der Waals surface area contributed by atoms with Crippen LogP contribution in [0.1, 0.15) is 57.4 Å². The highest BCUT2D eigenvalue weighted by Crippen LogP contribution is 2.33. The maximum absolute atomic E-state index is 13.1. The normalized spacial score (nSPS) is 23.0. The van der Waals surface area contributed by atoms with Gasteiger partial charge in [-0.05, 0) is 42.4 Å². The van der Waals surface area contributed by atoms with Crippen LogP contribution in [0.25, 0.3) is 0 Å². The van der Waals surface area contributed by atoms with Crippen molar-refractivity contribution in [3.05, 3.63) is 35.1 Å². The highest BCUT2D eigenvalue weighted by atomic mass is 19.2. The monoisotopic (exact) mass is 284 g/mol. The lowest BCUT2D eigenvalue weighted by Crippen LogP contribution is -2.15. The zero-order valence-corrected chi connectivity index (χ0v) is 12.1. The van der Waals surface area contributed by atoms with Gasteiger partial charge in [0.1, 0.15) is 0 Å². The number of aryl methyl sites for hydroxylation is 1. The van der Waals surface area contributed by atoms with Gasteiger partial charge in [-0.3, -0.25) is 0 Å². The first kappa shape index (κ1) is 15.4. The quantitative estimate of drug-likeness (QED) is 0.613. The third-order valence-corrected chi connectivity index (χ3v) is 4.55. The lowest BCUT2D eigenvalue weighted by molar-refractivity contribution is 0.252. The van der Waals surface area contributed by atoms with E-state index in [0.29, 0.717) is 17.9 Å². The smallest absolute Gasteiger partial charge is 0.194 e. The average Bonchev–Trinajstić information content (AvgIpc) is 2.44. The van der Waals surface area contributed by atoms with Crippen LogP contribution in [0.5, 0.6) is 0 Å². The first-order valence-electron chi connectivity index (χ1n) is 7.73. The maximum Gasteiger partial charge on any atom is 0.194 e. The minimum atomic E-state index is -1.37. The Morgan fingerprint density at radius 2 is 1.40 bits per heavy atom. The molecule has 1 aliphatic rings. The largest absolute Gasteiger partial charge is 0.204 e. The van der Waals surface area contributed by atoms with Crippen LogP contribution < -0.4 is 0 Å². The van der Waals surface area contributed by atoms with Gasteiger partial charge in [-0.1, -0.05) is 45.4 Å². The minimum absolute atomic E-state index is 0.567. The first-order valence-corrected chi connectivity index (χ1v) is 7.73. The summed E-state index contributed by atoms with van der Waals surface area (Å²) in [6.45, 7) is 2.23. The van der Waals surface area contributed by atoms with Gasteiger partial charge in [-0.25, -0.2) is 13.2 Å². The van der Waals surface area contributed by atoms with Crippen LogP contribution in [-0.4, -0.2) is 0 Å². The van der Waals surface area contributed by atoms with Gasteiger partial charge in [0, 0.05) is 0 Å². The minimum Gasteiger partial charge on any atom is -0.204 e. The molecule has 2 rings (SSSR count). The van der Waals surface area contributed by atoms with Crippen molar-refractivity contribution in [3.8, 4) is 0 Å². The van der Waals surface area contributed by atoms with E-state index in [1.54, 1.807) is 0 Å². The Hall–Kier alpha value is -0.990. The van der Waals surface area contributed by atoms with Crippen LogP contribution in [0.4, 0.5) is 13.2 Å². The van der Waals surface area contributed by atoms with Crippen molar-refractivity contribution in [2.45, 2.75) is 58.3 Å². The Labute approximate surface area is 119 Å². The van der Waals surface area contributed by atoms with Crippen molar-refractivity contribution in [1.29, 1.82) is 0 Å². The van der Waals surface area contributed by atoms with Gasteiger partial charge in [0.05, 0.1) is 0 Å². The third kappa shape index (κ3) is 4.00. The molecule has 1 aromatic carbocycles. The van der Waals surface area contributed by atoms with E-state index in [4.69, 9.17) is 0 Å². The molecule has 0 aliphatic heterocycles. The van der Waals surface area contributed by atoms with E-state index in [-0.39, 0.29) is 0 Å². The third-order valence-electron chi connectivity index (χ3n) is 4.55. The summed E-state index contributed by atoms with van der Waals surface area (Å²) in [6, 6.07) is 2.25. The van der Waals surface area contributed by atoms with Crippen LogP contribution in [0.15, 0.2) is 12.1 Å². The summed E-state index contributed by atoms with van der Waals surface area (Å²) in [4.78, 5) is 0. The summed E-state index contributed by atoms with van der Waals surface area (Å²) >= 11 is 0. The molecule has 0 unspecified atom stereocenters. The zero-order chi connectivity index (χ0) is 14.5. The van der Waals surface area contributed by atoms with Crippen LogP contribution in [0.2, 0.25) is 0 Å². The number of hydrogen-bond acceptors (Lipinski definition) is 0. The molecule has 1 aliphatic carbocycles. The molecule has 0 N–H and O–H groups in total. The molecule has 0 radical (unpaired) electrons. The molecule has 0 atom stereocenters. The molecule has 20 heavy (non-hydrogen) atoms. The van der Waals surface area contributed by atoms with E-state index in [0.717, 1.165) is 24.5 Å². The molecule has 1 fully saturated rings. The predicted octanol–water partition coefficient (Wildman–Crippen LogP) is 5.64. The van der Waals surface area contributed by atoms with Crippen molar-refractivity contribution in [1.82, 2.24) is 0 Å². The van der Waals surface area contributed by atoms with Gasteiger partial charge in [-0.15, -0.1) is 0 Å². The lowest BCUT2D eigenvalue weighted by Gasteiger charge is -2.28. The summed E-state index contributed by atoms with van der Waals surface area (Å²) < 4.78 is 39.1. The number of benzene rings is 1. The van der Waals surface area contributed by atoms with E-state index >= 15 is 0 Å². The van der Waals surface area contributed by atoms with Gasteiger partial charge >= 0.3 is 0 Å². The molecule has 112 valence electrons. The van der Waals surface area contributed by atoms with Gasteiger partial charge < -0.3 is 0 Å². The summed E-state index contributed by atoms with van der Waals surface area (Å²) in [7, 11) is 0. The Kier molecular flexibility index (Phi) is 5.50. The standard InChI is InChI=1S/C17H23F3/c1-2-3-12-4-6-13(7-5-12)8-9-14-10-15(18)17(20)16(19)11-14/h10-13H,2-9H2,1H3/t12-,13-. The van der Waals surface area contributed by atoms with Crippen molar-refractivity contribution < 1.29 is 13.2 Å². The lowest BCUT2D eigenvalue weighted by atomic mass is 9.78. The molecule has 0 bridgehead atoms. The molecule has 3 heteroatoms. The van der Waals surface area contributed by atoms with E-state index < -0.39 is 17.5 Å². The molecule has 0 spiro atoms. The second-order valence-corrected chi connectivity index (χ2v) is 6.09. The van der Waals surface area contributed by atoms with Crippen molar-refractivity contribution in [3.63, 3.8) is 0 Å². The molecular weight excluding hydrogens is 261 g/mol. The second kappa shape index (κ2) is 7.14. The van der Waals surface area contributed by atoms with Crippen molar-refractivity contribution in [2.75, 3.05) is 0 Å². The van der Waals surface area contributed by atoms with E-state index in [2.05, 4.69) is 6.92 Å². The highest BCUT2D eigenvalue weighted by molar-refractivity contribution is 5.19. The van der Waals surface area contributed by atoms with Crippen LogP contribution in [0, 0.1) is 29.3 Å². The van der Waals surface area contributed by atoms with Gasteiger partial charge in [-0.2, -0.15) is 0 Å². The summed E-state index contributed by atoms with van der Waals surface area (Å²) in [6.07, 6.45) is 9.16. The number of halogens is 3. The van der Waals surface area contributed by atoms with Crippen LogP contribution in [0.3, 0.4) is 0 Å². The van der Waals surface area contributed by atoms with E-state index in [1.165, 1.54) is 38.5 Å². The fraction of sp³-hybridized carbons (Fsp3) is 0.647. The molecule has 0 aromatic heterocycles. The second-order valence-electron chi connectivity index (χ2n) is 6.09. The molecule has 0 heterocycles. The molecule has 0 nitrogen and oxygen atoms in total. The zero-order valence-electron chi connectivity index (χ0n) is 12.1. The summed E-state index contributed by atoms with van der Waals surface area (Å²) in [5, 5.41) is 0. The Morgan fingerprint density at radius 3 is 1.90 bits per heavy atom. The Balaban J connectivity index is 1.82. The van der Waals surface area contributed by atoms with E-state index in [1.807, 2.05) is 0 Å². The van der Waals surface area contributed by atoms with Crippen LogP contribution >= 0.6 is 0 Å². The summed E-state index contributed by atoms with van der Waals surface area (Å²) in [5.41, 5.74) is 0.567. The van der Waals surface area contributed by atoms with Gasteiger partial charge in [0.15, 0.2) is 17.5 Å². The van der Waals surface area contributed by atoms with Crippen molar-refractivity contribution in [2.24, 2.45) is 11.8 Å². The molecule has 0 saturated heterocycles. The number of hydrogen-bond donors (Lipinski definition) is 0.